The van der Waals surface area contributed by atoms with Crippen LogP contribution in [0.25, 0.3) is 20.9 Å². The number of nitrogens with one attached hydrogen (secondary N) is 2. The Morgan fingerprint density at radius 3 is 2.29 bits per heavy atom. The fraction of sp³-hybridized carbons (Fsp3) is 0.818. The van der Waals surface area contributed by atoms with E-state index in [0.717, 1.165) is 12.8 Å². The lowest BCUT2D eigenvalue weighted by atomic mass is 10.2. The molecular weight excluding hydrogens is 276 g/mol. The van der Waals surface area contributed by atoms with Crippen LogP contribution in [0.2, 0.25) is 0 Å². The van der Waals surface area contributed by atoms with Gasteiger partial charge in [-0.05, 0) is 23.9 Å². The summed E-state index contributed by atoms with van der Waals surface area (Å²) < 4.78 is 0. The summed E-state index contributed by atoms with van der Waals surface area (Å²) in [5, 5.41) is 12.1. The summed E-state index contributed by atoms with van der Waals surface area (Å²) in [6.07, 6.45) is 1.82. The number of azide groups is 2. The van der Waals surface area contributed by atoms with Crippen LogP contribution in [0.4, 0.5) is 0 Å². The quantitative estimate of drug-likeness (QED) is 0.258. The molecule has 0 aromatic heterocycles. The number of hydrogen-bond acceptors (Lipinski definition) is 4. The Hall–Kier alpha value is -2.44. The normalized spacial score (nSPS) is 10.7. The molecule has 10 nitrogen and oxygen atoms in total. The molecule has 0 aliphatic heterocycles. The second-order valence-corrected chi connectivity index (χ2v) is 4.37. The van der Waals surface area contributed by atoms with Crippen LogP contribution in [0.1, 0.15) is 32.6 Å². The van der Waals surface area contributed by atoms with Gasteiger partial charge in [-0.25, -0.2) is 0 Å². The van der Waals surface area contributed by atoms with E-state index in [1.54, 1.807) is 6.92 Å². The average Bonchev–Trinajstić information content (AvgIpc) is 2.43. The van der Waals surface area contributed by atoms with E-state index in [-0.39, 0.29) is 37.2 Å². The van der Waals surface area contributed by atoms with Gasteiger partial charge in [0, 0.05) is 48.3 Å². The fourth-order valence-electron chi connectivity index (χ4n) is 1.46. The first-order valence-corrected chi connectivity index (χ1v) is 6.68. The third kappa shape index (κ3) is 12.3. The molecule has 1 atom stereocenters. The van der Waals surface area contributed by atoms with E-state index in [2.05, 4.69) is 30.7 Å². The molecule has 0 aliphatic carbocycles. The van der Waals surface area contributed by atoms with Crippen LogP contribution < -0.4 is 10.6 Å². The zero-order chi connectivity index (χ0) is 15.9. The average molecular weight is 296 g/mol. The number of unbranched alkanes of at least 4 members (excludes halogenated alkanes) is 1. The summed E-state index contributed by atoms with van der Waals surface area (Å²) in [6.45, 7) is 2.85. The van der Waals surface area contributed by atoms with Crippen LogP contribution in [0.5, 0.6) is 0 Å². The second-order valence-electron chi connectivity index (χ2n) is 4.37. The monoisotopic (exact) mass is 296 g/mol. The summed E-state index contributed by atoms with van der Waals surface area (Å²) in [5.74, 6) is -0.317. The number of carbonyl (C=O) groups excluding carboxylic acids is 2. The summed E-state index contributed by atoms with van der Waals surface area (Å²) in [7, 11) is 0. The number of carbonyl (C=O) groups is 2. The van der Waals surface area contributed by atoms with E-state index >= 15 is 0 Å². The molecule has 0 aromatic carbocycles. The van der Waals surface area contributed by atoms with Gasteiger partial charge in [-0.15, -0.1) is 0 Å². The SMILES string of the molecule is CC(CC(=O)NCCCCNC(=O)CCN=[N+]=[N-])N=[N+]=[N-]. The van der Waals surface area contributed by atoms with Gasteiger partial charge >= 0.3 is 0 Å². The van der Waals surface area contributed by atoms with Crippen molar-refractivity contribution >= 4 is 11.8 Å². The zero-order valence-corrected chi connectivity index (χ0v) is 12.0. The molecule has 0 heterocycles. The maximum absolute atomic E-state index is 11.4. The van der Waals surface area contributed by atoms with E-state index in [1.807, 2.05) is 0 Å². The van der Waals surface area contributed by atoms with Crippen molar-refractivity contribution in [1.29, 1.82) is 0 Å². The third-order valence-corrected chi connectivity index (χ3v) is 2.48. The van der Waals surface area contributed by atoms with Gasteiger partial charge in [-0.2, -0.15) is 0 Å². The van der Waals surface area contributed by atoms with Gasteiger partial charge in [0.05, 0.1) is 0 Å². The molecule has 0 fully saturated rings. The van der Waals surface area contributed by atoms with Crippen LogP contribution in [-0.4, -0.2) is 37.5 Å². The lowest BCUT2D eigenvalue weighted by molar-refractivity contribution is -0.122. The minimum Gasteiger partial charge on any atom is -0.356 e. The Morgan fingerprint density at radius 2 is 1.71 bits per heavy atom. The maximum atomic E-state index is 11.4. The molecule has 0 aliphatic rings. The molecule has 0 saturated heterocycles. The lowest BCUT2D eigenvalue weighted by Gasteiger charge is -2.07. The van der Waals surface area contributed by atoms with E-state index in [0.29, 0.717) is 13.1 Å². The third-order valence-electron chi connectivity index (χ3n) is 2.48. The van der Waals surface area contributed by atoms with Crippen molar-refractivity contribution in [1.82, 2.24) is 10.6 Å². The highest BCUT2D eigenvalue weighted by molar-refractivity contribution is 5.76. The van der Waals surface area contributed by atoms with E-state index in [1.165, 1.54) is 0 Å². The van der Waals surface area contributed by atoms with Crippen LogP contribution >= 0.6 is 0 Å². The number of nitrogens with zero attached hydrogens (tertiary/aromatic N) is 6. The molecule has 2 amide bonds. The molecule has 10 heteroatoms. The Labute approximate surface area is 122 Å². The zero-order valence-electron chi connectivity index (χ0n) is 12.0. The Morgan fingerprint density at radius 1 is 1.10 bits per heavy atom. The highest BCUT2D eigenvalue weighted by atomic mass is 16.2. The minimum absolute atomic E-state index is 0.155. The topological polar surface area (TPSA) is 156 Å². The lowest BCUT2D eigenvalue weighted by Crippen LogP contribution is -2.28. The first-order chi connectivity index (χ1) is 10.1. The minimum atomic E-state index is -0.356. The van der Waals surface area contributed by atoms with Crippen molar-refractivity contribution in [2.24, 2.45) is 10.2 Å². The Bertz CT molecular complexity index is 426. The molecule has 1 unspecified atom stereocenters. The van der Waals surface area contributed by atoms with Crippen molar-refractivity contribution in [3.63, 3.8) is 0 Å². The van der Waals surface area contributed by atoms with Crippen molar-refractivity contribution in [3.05, 3.63) is 20.9 Å². The molecule has 0 rings (SSSR count). The molecule has 21 heavy (non-hydrogen) atoms. The maximum Gasteiger partial charge on any atom is 0.220 e. The van der Waals surface area contributed by atoms with E-state index in [4.69, 9.17) is 11.1 Å². The van der Waals surface area contributed by atoms with Gasteiger partial charge in [0.2, 0.25) is 11.8 Å². The van der Waals surface area contributed by atoms with Gasteiger partial charge < -0.3 is 10.6 Å². The first kappa shape index (κ1) is 18.6. The molecule has 0 saturated carbocycles. The molecule has 0 spiro atoms. The van der Waals surface area contributed by atoms with Gasteiger partial charge in [0.1, 0.15) is 0 Å². The molecule has 0 radical (unpaired) electrons. The second kappa shape index (κ2) is 12.6. The van der Waals surface area contributed by atoms with Crippen molar-refractivity contribution in [2.45, 2.75) is 38.6 Å². The number of rotatable bonds is 11. The van der Waals surface area contributed by atoms with Gasteiger partial charge in [-0.3, -0.25) is 9.59 Å². The number of amides is 2. The van der Waals surface area contributed by atoms with Crippen LogP contribution in [-0.2, 0) is 9.59 Å². The van der Waals surface area contributed by atoms with Crippen LogP contribution in [0.3, 0.4) is 0 Å². The standard InChI is InChI=1S/C11H20N8O2/c1-9(17-19-13)8-11(21)15-6-3-2-5-14-10(20)4-7-16-18-12/h9H,2-8H2,1H3,(H,14,20)(H,15,21). The highest BCUT2D eigenvalue weighted by Crippen LogP contribution is 1.96. The van der Waals surface area contributed by atoms with Gasteiger partial charge in [0.25, 0.3) is 0 Å². The predicted octanol–water partition coefficient (Wildman–Crippen LogP) is 1.79. The van der Waals surface area contributed by atoms with E-state index in [9.17, 15) is 9.59 Å². The van der Waals surface area contributed by atoms with Gasteiger partial charge in [-0.1, -0.05) is 17.2 Å². The highest BCUT2D eigenvalue weighted by Gasteiger charge is 2.06. The van der Waals surface area contributed by atoms with Crippen LogP contribution in [0, 0.1) is 0 Å². The molecule has 0 bridgehead atoms. The first-order valence-electron chi connectivity index (χ1n) is 6.68. The van der Waals surface area contributed by atoms with Crippen molar-refractivity contribution < 1.29 is 9.59 Å². The smallest absolute Gasteiger partial charge is 0.220 e. The fourth-order valence-corrected chi connectivity index (χ4v) is 1.46. The van der Waals surface area contributed by atoms with Crippen molar-refractivity contribution in [3.8, 4) is 0 Å². The largest absolute Gasteiger partial charge is 0.356 e. The van der Waals surface area contributed by atoms with Crippen molar-refractivity contribution in [2.75, 3.05) is 19.6 Å². The molecule has 116 valence electrons. The molecular formula is C11H20N8O2. The molecule has 0 aromatic rings. The summed E-state index contributed by atoms with van der Waals surface area (Å²) in [6, 6.07) is -0.356. The summed E-state index contributed by atoms with van der Waals surface area (Å²) >= 11 is 0. The van der Waals surface area contributed by atoms with Gasteiger partial charge in [0.15, 0.2) is 0 Å². The van der Waals surface area contributed by atoms with E-state index < -0.39 is 0 Å². The summed E-state index contributed by atoms with van der Waals surface area (Å²) in [5.41, 5.74) is 16.3. The number of hydrogen-bond donors (Lipinski definition) is 2. The summed E-state index contributed by atoms with van der Waals surface area (Å²) in [4.78, 5) is 27.8. The predicted molar refractivity (Wildman–Crippen MR) is 77.1 cm³/mol. The molecule has 2 N–H and O–H groups in total. The van der Waals surface area contributed by atoms with Crippen LogP contribution in [0.15, 0.2) is 10.2 Å². The Balaban J connectivity index is 3.51. The Kier molecular flexibility index (Phi) is 11.1.